The first-order valence-electron chi connectivity index (χ1n) is 7.03. The van der Waals surface area contributed by atoms with Crippen LogP contribution >= 0.6 is 0 Å². The fourth-order valence-electron chi connectivity index (χ4n) is 2.53. The Labute approximate surface area is 123 Å². The van der Waals surface area contributed by atoms with Crippen LogP contribution in [0.15, 0.2) is 28.7 Å². The SMILES string of the molecule is Cc1c(C(C)NC(C)CCS(C)=O)oc2ccccc12. The molecule has 0 aliphatic rings. The van der Waals surface area contributed by atoms with Crippen molar-refractivity contribution in [1.82, 2.24) is 5.32 Å². The van der Waals surface area contributed by atoms with E-state index in [1.54, 1.807) is 6.26 Å². The molecule has 20 heavy (non-hydrogen) atoms. The monoisotopic (exact) mass is 293 g/mol. The van der Waals surface area contributed by atoms with E-state index in [9.17, 15) is 4.21 Å². The Bertz CT molecular complexity index is 606. The van der Waals surface area contributed by atoms with Crippen molar-refractivity contribution in [3.05, 3.63) is 35.6 Å². The maximum atomic E-state index is 11.1. The van der Waals surface area contributed by atoms with Crippen LogP contribution in [-0.4, -0.2) is 22.3 Å². The fraction of sp³-hybridized carbons (Fsp3) is 0.500. The highest BCUT2D eigenvalue weighted by molar-refractivity contribution is 7.84. The van der Waals surface area contributed by atoms with Crippen LogP contribution in [0.3, 0.4) is 0 Å². The van der Waals surface area contributed by atoms with Crippen LogP contribution in [0.2, 0.25) is 0 Å². The summed E-state index contributed by atoms with van der Waals surface area (Å²) in [5.74, 6) is 1.73. The van der Waals surface area contributed by atoms with Gasteiger partial charge in [-0.15, -0.1) is 0 Å². The van der Waals surface area contributed by atoms with E-state index < -0.39 is 10.8 Å². The molecular formula is C16H23NO2S. The van der Waals surface area contributed by atoms with E-state index in [-0.39, 0.29) is 6.04 Å². The Kier molecular flexibility index (Phi) is 5.00. The molecule has 1 N–H and O–H groups in total. The van der Waals surface area contributed by atoms with Crippen molar-refractivity contribution in [2.24, 2.45) is 0 Å². The lowest BCUT2D eigenvalue weighted by Crippen LogP contribution is -2.30. The summed E-state index contributed by atoms with van der Waals surface area (Å²) >= 11 is 0. The van der Waals surface area contributed by atoms with E-state index in [1.807, 2.05) is 18.2 Å². The van der Waals surface area contributed by atoms with Gasteiger partial charge in [0.15, 0.2) is 0 Å². The summed E-state index contributed by atoms with van der Waals surface area (Å²) in [6.45, 7) is 6.34. The molecule has 0 saturated carbocycles. The second-order valence-electron chi connectivity index (χ2n) is 5.44. The van der Waals surface area contributed by atoms with E-state index in [4.69, 9.17) is 4.42 Å². The number of fused-ring (bicyclic) bond motifs is 1. The topological polar surface area (TPSA) is 42.2 Å². The van der Waals surface area contributed by atoms with E-state index in [2.05, 4.69) is 32.2 Å². The molecule has 1 aromatic carbocycles. The van der Waals surface area contributed by atoms with Gasteiger partial charge in [-0.25, -0.2) is 0 Å². The fourth-order valence-corrected chi connectivity index (χ4v) is 3.22. The molecule has 3 unspecified atom stereocenters. The maximum Gasteiger partial charge on any atom is 0.134 e. The molecule has 0 bridgehead atoms. The normalized spacial score (nSPS) is 16.2. The summed E-state index contributed by atoms with van der Waals surface area (Å²) in [7, 11) is -0.726. The first-order chi connectivity index (χ1) is 9.49. The van der Waals surface area contributed by atoms with Crippen molar-refractivity contribution in [3.63, 3.8) is 0 Å². The van der Waals surface area contributed by atoms with Gasteiger partial charge in [-0.3, -0.25) is 4.21 Å². The van der Waals surface area contributed by atoms with Crippen molar-refractivity contribution in [2.75, 3.05) is 12.0 Å². The van der Waals surface area contributed by atoms with Gasteiger partial charge in [0.05, 0.1) is 6.04 Å². The van der Waals surface area contributed by atoms with Crippen LogP contribution < -0.4 is 5.32 Å². The van der Waals surface area contributed by atoms with E-state index in [0.717, 1.165) is 23.5 Å². The Morgan fingerprint density at radius 3 is 2.65 bits per heavy atom. The third kappa shape index (κ3) is 3.49. The van der Waals surface area contributed by atoms with E-state index >= 15 is 0 Å². The number of hydrogen-bond acceptors (Lipinski definition) is 3. The summed E-state index contributed by atoms with van der Waals surface area (Å²) in [6, 6.07) is 8.60. The Hall–Kier alpha value is -1.13. The molecule has 0 spiro atoms. The lowest BCUT2D eigenvalue weighted by atomic mass is 10.1. The summed E-state index contributed by atoms with van der Waals surface area (Å²) < 4.78 is 17.1. The number of nitrogens with one attached hydrogen (secondary N) is 1. The summed E-state index contributed by atoms with van der Waals surface area (Å²) in [6.07, 6.45) is 2.66. The van der Waals surface area contributed by atoms with Gasteiger partial charge in [0.25, 0.3) is 0 Å². The van der Waals surface area contributed by atoms with Gasteiger partial charge in [0, 0.05) is 34.2 Å². The Balaban J connectivity index is 2.09. The zero-order chi connectivity index (χ0) is 14.7. The summed E-state index contributed by atoms with van der Waals surface area (Å²) in [5, 5.41) is 4.70. The van der Waals surface area contributed by atoms with Gasteiger partial charge in [0.2, 0.25) is 0 Å². The maximum absolute atomic E-state index is 11.1. The zero-order valence-corrected chi connectivity index (χ0v) is 13.4. The van der Waals surface area contributed by atoms with Crippen LogP contribution in [-0.2, 0) is 10.8 Å². The zero-order valence-electron chi connectivity index (χ0n) is 12.6. The van der Waals surface area contributed by atoms with E-state index in [1.165, 1.54) is 10.9 Å². The molecule has 0 amide bonds. The highest BCUT2D eigenvalue weighted by atomic mass is 32.2. The lowest BCUT2D eigenvalue weighted by Gasteiger charge is -2.18. The number of aryl methyl sites for hydroxylation is 1. The molecule has 2 aromatic rings. The largest absolute Gasteiger partial charge is 0.459 e. The number of benzene rings is 1. The minimum Gasteiger partial charge on any atom is -0.459 e. The molecule has 3 atom stereocenters. The van der Waals surface area contributed by atoms with E-state index in [0.29, 0.717) is 6.04 Å². The molecule has 1 aromatic heterocycles. The van der Waals surface area contributed by atoms with Gasteiger partial charge in [-0.05, 0) is 38.8 Å². The molecule has 4 heteroatoms. The van der Waals surface area contributed by atoms with Crippen molar-refractivity contribution < 1.29 is 8.63 Å². The highest BCUT2D eigenvalue weighted by Gasteiger charge is 2.17. The average Bonchev–Trinajstić information content (AvgIpc) is 2.74. The molecular weight excluding hydrogens is 270 g/mol. The van der Waals surface area contributed by atoms with Gasteiger partial charge in [-0.2, -0.15) is 0 Å². The standard InChI is InChI=1S/C16H23NO2S/c1-11(9-10-20(4)18)17-13(3)16-12(2)14-7-5-6-8-15(14)19-16/h5-8,11,13,17H,9-10H2,1-4H3. The highest BCUT2D eigenvalue weighted by Crippen LogP contribution is 2.29. The van der Waals surface area contributed by atoms with Gasteiger partial charge < -0.3 is 9.73 Å². The predicted octanol–water partition coefficient (Wildman–Crippen LogP) is 3.55. The third-order valence-electron chi connectivity index (χ3n) is 3.65. The van der Waals surface area contributed by atoms with Crippen LogP contribution in [0, 0.1) is 6.92 Å². The molecule has 3 nitrogen and oxygen atoms in total. The van der Waals surface area contributed by atoms with Crippen LogP contribution in [0.25, 0.3) is 11.0 Å². The van der Waals surface area contributed by atoms with Crippen molar-refractivity contribution in [3.8, 4) is 0 Å². The number of hydrogen-bond donors (Lipinski definition) is 1. The molecule has 0 aliphatic carbocycles. The second-order valence-corrected chi connectivity index (χ2v) is 7.00. The van der Waals surface area contributed by atoms with Crippen molar-refractivity contribution in [2.45, 2.75) is 39.3 Å². The quantitative estimate of drug-likeness (QED) is 0.885. The van der Waals surface area contributed by atoms with Gasteiger partial charge >= 0.3 is 0 Å². The van der Waals surface area contributed by atoms with Crippen LogP contribution in [0.5, 0.6) is 0 Å². The Morgan fingerprint density at radius 1 is 1.30 bits per heavy atom. The van der Waals surface area contributed by atoms with Crippen molar-refractivity contribution >= 4 is 21.8 Å². The van der Waals surface area contributed by atoms with Crippen LogP contribution in [0.1, 0.15) is 37.6 Å². The summed E-state index contributed by atoms with van der Waals surface area (Å²) in [4.78, 5) is 0. The number of para-hydroxylation sites is 1. The third-order valence-corrected chi connectivity index (χ3v) is 4.46. The van der Waals surface area contributed by atoms with Crippen LogP contribution in [0.4, 0.5) is 0 Å². The van der Waals surface area contributed by atoms with Crippen molar-refractivity contribution in [1.29, 1.82) is 0 Å². The first kappa shape index (κ1) is 15.3. The number of furan rings is 1. The summed E-state index contributed by atoms with van der Waals surface area (Å²) in [5.41, 5.74) is 2.14. The minimum absolute atomic E-state index is 0.155. The predicted molar refractivity (Wildman–Crippen MR) is 85.5 cm³/mol. The van der Waals surface area contributed by atoms with Gasteiger partial charge in [0.1, 0.15) is 11.3 Å². The number of rotatable bonds is 6. The smallest absolute Gasteiger partial charge is 0.134 e. The lowest BCUT2D eigenvalue weighted by molar-refractivity contribution is 0.404. The van der Waals surface area contributed by atoms with Gasteiger partial charge in [-0.1, -0.05) is 18.2 Å². The Morgan fingerprint density at radius 2 is 2.00 bits per heavy atom. The molecule has 0 saturated heterocycles. The molecule has 110 valence electrons. The average molecular weight is 293 g/mol. The first-order valence-corrected chi connectivity index (χ1v) is 8.76. The molecule has 0 radical (unpaired) electrons. The molecule has 0 fully saturated rings. The second kappa shape index (κ2) is 6.55. The molecule has 1 heterocycles. The molecule has 2 rings (SSSR count). The molecule has 0 aliphatic heterocycles. The minimum atomic E-state index is -0.726.